The van der Waals surface area contributed by atoms with Crippen molar-refractivity contribution < 1.29 is 9.18 Å². The van der Waals surface area contributed by atoms with Crippen molar-refractivity contribution in [3.63, 3.8) is 0 Å². The van der Waals surface area contributed by atoms with Crippen LogP contribution >= 0.6 is 0 Å². The molecule has 2 fully saturated rings. The van der Waals surface area contributed by atoms with E-state index in [0.717, 1.165) is 73.7 Å². The van der Waals surface area contributed by atoms with Crippen LogP contribution in [0.15, 0.2) is 48.7 Å². The zero-order chi connectivity index (χ0) is 23.7. The molecule has 5 rings (SSSR count). The van der Waals surface area contributed by atoms with Crippen LogP contribution < -0.4 is 15.5 Å². The van der Waals surface area contributed by atoms with Gasteiger partial charge in [0.05, 0.1) is 11.4 Å². The van der Waals surface area contributed by atoms with E-state index in [1.165, 1.54) is 12.1 Å². The molecule has 8 heteroatoms. The van der Waals surface area contributed by atoms with Crippen LogP contribution in [0, 0.1) is 11.7 Å². The lowest BCUT2D eigenvalue weighted by molar-refractivity contribution is -0.122. The molecule has 2 saturated heterocycles. The summed E-state index contributed by atoms with van der Waals surface area (Å²) < 4.78 is 13.5. The molecule has 0 aliphatic carbocycles. The number of primary amides is 1. The van der Waals surface area contributed by atoms with Gasteiger partial charge in [-0.1, -0.05) is 0 Å². The zero-order valence-corrected chi connectivity index (χ0v) is 19.3. The molecule has 0 spiro atoms. The predicted molar refractivity (Wildman–Crippen MR) is 131 cm³/mol. The van der Waals surface area contributed by atoms with E-state index in [1.807, 2.05) is 24.4 Å². The lowest BCUT2D eigenvalue weighted by Crippen LogP contribution is -2.38. The van der Waals surface area contributed by atoms with Crippen molar-refractivity contribution in [1.82, 2.24) is 15.0 Å². The molecule has 2 aliphatic heterocycles. The Hall–Kier alpha value is -3.55. The van der Waals surface area contributed by atoms with Crippen molar-refractivity contribution in [3.05, 3.63) is 54.5 Å². The highest BCUT2D eigenvalue weighted by atomic mass is 19.1. The number of amides is 1. The van der Waals surface area contributed by atoms with E-state index in [9.17, 15) is 9.18 Å². The number of anilines is 2. The fourth-order valence-corrected chi connectivity index (χ4v) is 4.83. The Balaban J connectivity index is 1.44. The molecule has 0 saturated carbocycles. The molecule has 176 valence electrons. The number of aromatic nitrogens is 3. The monoisotopic (exact) mass is 460 g/mol. The molecule has 2 aliphatic rings. The van der Waals surface area contributed by atoms with Crippen molar-refractivity contribution in [3.8, 4) is 22.5 Å². The zero-order valence-electron chi connectivity index (χ0n) is 19.3. The summed E-state index contributed by atoms with van der Waals surface area (Å²) in [5.41, 5.74) is 8.75. The first-order chi connectivity index (χ1) is 16.5. The second kappa shape index (κ2) is 9.37. The van der Waals surface area contributed by atoms with E-state index in [1.54, 1.807) is 12.1 Å². The molecule has 4 heterocycles. The minimum absolute atomic E-state index is 0.0483. The summed E-state index contributed by atoms with van der Waals surface area (Å²) in [6, 6.07) is 12.7. The molecule has 1 aromatic carbocycles. The SMILES string of the molecule is CC1CCCN1c1nc(-c2ccc(F)cc2)cc(-c2ccc(N3CCC(C(N)=O)CC3)nc2)n1. The Labute approximate surface area is 198 Å². The molecule has 2 N–H and O–H groups in total. The molecule has 2 aromatic heterocycles. The molecule has 0 bridgehead atoms. The third-order valence-electron chi connectivity index (χ3n) is 6.93. The van der Waals surface area contributed by atoms with Crippen LogP contribution in [0.25, 0.3) is 22.5 Å². The quantitative estimate of drug-likeness (QED) is 0.618. The first kappa shape index (κ1) is 22.3. The summed E-state index contributed by atoms with van der Waals surface area (Å²) in [6.45, 7) is 4.64. The first-order valence-corrected chi connectivity index (χ1v) is 11.9. The Morgan fingerprint density at radius 2 is 1.65 bits per heavy atom. The summed E-state index contributed by atoms with van der Waals surface area (Å²) in [7, 11) is 0. The van der Waals surface area contributed by atoms with Crippen molar-refractivity contribution in [2.45, 2.75) is 38.6 Å². The largest absolute Gasteiger partial charge is 0.369 e. The normalized spacial score (nSPS) is 18.9. The summed E-state index contributed by atoms with van der Waals surface area (Å²) in [5.74, 6) is 1.04. The molecule has 1 unspecified atom stereocenters. The topological polar surface area (TPSA) is 88.2 Å². The number of carbonyl (C=O) groups is 1. The number of nitrogens with zero attached hydrogens (tertiary/aromatic N) is 5. The summed E-state index contributed by atoms with van der Waals surface area (Å²) in [5, 5.41) is 0. The maximum absolute atomic E-state index is 13.5. The number of piperidine rings is 1. The number of pyridine rings is 1. The number of rotatable bonds is 5. The smallest absolute Gasteiger partial charge is 0.226 e. The van der Waals surface area contributed by atoms with E-state index >= 15 is 0 Å². The Kier molecular flexibility index (Phi) is 6.13. The Morgan fingerprint density at radius 3 is 2.24 bits per heavy atom. The van der Waals surface area contributed by atoms with Gasteiger partial charge in [0.15, 0.2) is 0 Å². The summed E-state index contributed by atoms with van der Waals surface area (Å²) >= 11 is 0. The van der Waals surface area contributed by atoms with Crippen LogP contribution in [0.1, 0.15) is 32.6 Å². The average Bonchev–Trinajstić information content (AvgIpc) is 3.30. The van der Waals surface area contributed by atoms with E-state index in [-0.39, 0.29) is 17.6 Å². The van der Waals surface area contributed by atoms with Crippen molar-refractivity contribution in [2.75, 3.05) is 29.4 Å². The molecular formula is C26H29FN6O. The number of hydrogen-bond acceptors (Lipinski definition) is 6. The number of halogens is 1. The van der Waals surface area contributed by atoms with Gasteiger partial charge < -0.3 is 15.5 Å². The molecule has 3 aromatic rings. The van der Waals surface area contributed by atoms with Gasteiger partial charge in [0.2, 0.25) is 11.9 Å². The van der Waals surface area contributed by atoms with Crippen LogP contribution in [0.2, 0.25) is 0 Å². The third-order valence-corrected chi connectivity index (χ3v) is 6.93. The minimum Gasteiger partial charge on any atom is -0.369 e. The highest BCUT2D eigenvalue weighted by Gasteiger charge is 2.25. The van der Waals surface area contributed by atoms with Gasteiger partial charge in [-0.25, -0.2) is 19.3 Å². The molecule has 1 atom stereocenters. The van der Waals surface area contributed by atoms with E-state index in [0.29, 0.717) is 12.0 Å². The highest BCUT2D eigenvalue weighted by Crippen LogP contribution is 2.30. The van der Waals surface area contributed by atoms with Crippen LogP contribution in [0.5, 0.6) is 0 Å². The van der Waals surface area contributed by atoms with Crippen LogP contribution in [0.4, 0.5) is 16.2 Å². The fraction of sp³-hybridized carbons (Fsp3) is 0.385. The molecule has 34 heavy (non-hydrogen) atoms. The van der Waals surface area contributed by atoms with Crippen LogP contribution in [0.3, 0.4) is 0 Å². The Bertz CT molecular complexity index is 1160. The van der Waals surface area contributed by atoms with Crippen molar-refractivity contribution in [2.24, 2.45) is 11.7 Å². The Morgan fingerprint density at radius 1 is 0.971 bits per heavy atom. The van der Waals surface area contributed by atoms with E-state index in [4.69, 9.17) is 20.7 Å². The number of nitrogens with two attached hydrogens (primary N) is 1. The van der Waals surface area contributed by atoms with Gasteiger partial charge in [-0.3, -0.25) is 4.79 Å². The second-order valence-corrected chi connectivity index (χ2v) is 9.20. The molecule has 1 amide bonds. The van der Waals surface area contributed by atoms with E-state index in [2.05, 4.69) is 16.7 Å². The van der Waals surface area contributed by atoms with Gasteiger partial charge in [0.1, 0.15) is 11.6 Å². The standard InChI is InChI=1S/C26H29FN6O/c1-17-3-2-12-33(17)26-30-22(18-4-7-21(27)8-5-18)15-23(31-26)20-6-9-24(29-16-20)32-13-10-19(11-14-32)25(28)34/h4-9,15-17,19H,2-3,10-14H2,1H3,(H2,28,34). The van der Waals surface area contributed by atoms with Gasteiger partial charge in [0, 0.05) is 48.9 Å². The minimum atomic E-state index is -0.272. The van der Waals surface area contributed by atoms with E-state index < -0.39 is 0 Å². The maximum Gasteiger partial charge on any atom is 0.226 e. The number of carbonyl (C=O) groups excluding carboxylic acids is 1. The van der Waals surface area contributed by atoms with Crippen molar-refractivity contribution >= 4 is 17.7 Å². The average molecular weight is 461 g/mol. The van der Waals surface area contributed by atoms with Gasteiger partial charge in [0.25, 0.3) is 0 Å². The summed E-state index contributed by atoms with van der Waals surface area (Å²) in [6.07, 6.45) is 5.57. The molecule has 7 nitrogen and oxygen atoms in total. The van der Waals surface area contributed by atoms with Gasteiger partial charge >= 0.3 is 0 Å². The number of hydrogen-bond donors (Lipinski definition) is 1. The van der Waals surface area contributed by atoms with Gasteiger partial charge in [-0.15, -0.1) is 0 Å². The van der Waals surface area contributed by atoms with Crippen LogP contribution in [-0.4, -0.2) is 46.5 Å². The van der Waals surface area contributed by atoms with Crippen molar-refractivity contribution in [1.29, 1.82) is 0 Å². The third kappa shape index (κ3) is 4.58. The number of benzene rings is 1. The van der Waals surface area contributed by atoms with Gasteiger partial charge in [-0.05, 0) is 75.1 Å². The van der Waals surface area contributed by atoms with Gasteiger partial charge in [-0.2, -0.15) is 0 Å². The molecular weight excluding hydrogens is 431 g/mol. The molecule has 0 radical (unpaired) electrons. The van der Waals surface area contributed by atoms with Crippen LogP contribution in [-0.2, 0) is 4.79 Å². The lowest BCUT2D eigenvalue weighted by atomic mass is 9.96. The first-order valence-electron chi connectivity index (χ1n) is 11.9. The highest BCUT2D eigenvalue weighted by molar-refractivity contribution is 5.77. The lowest BCUT2D eigenvalue weighted by Gasteiger charge is -2.31. The second-order valence-electron chi connectivity index (χ2n) is 9.20. The predicted octanol–water partition coefficient (Wildman–Crippen LogP) is 4.04. The fourth-order valence-electron chi connectivity index (χ4n) is 4.83. The maximum atomic E-state index is 13.5. The summed E-state index contributed by atoms with van der Waals surface area (Å²) in [4.78, 5) is 30.3.